The van der Waals surface area contributed by atoms with Gasteiger partial charge in [0.25, 0.3) is 0 Å². The average Bonchev–Trinajstić information content (AvgIpc) is 2.80. The van der Waals surface area contributed by atoms with Crippen molar-refractivity contribution in [1.29, 1.82) is 0 Å². The minimum Gasteiger partial charge on any atom is -0.0830 e. The zero-order valence-corrected chi connectivity index (χ0v) is 11.3. The van der Waals surface area contributed by atoms with Gasteiger partial charge in [0.05, 0.1) is 0 Å². The van der Waals surface area contributed by atoms with Crippen LogP contribution in [0.15, 0.2) is 46.1 Å². The molecule has 0 saturated carbocycles. The zero-order valence-electron chi connectivity index (χ0n) is 11.3. The van der Waals surface area contributed by atoms with Crippen molar-refractivity contribution in [2.75, 3.05) is 0 Å². The second-order valence-electron chi connectivity index (χ2n) is 5.78. The molecule has 0 heteroatoms. The Kier molecular flexibility index (Phi) is 2.43. The first-order chi connectivity index (χ1) is 8.20. The van der Waals surface area contributed by atoms with Crippen LogP contribution in [0.4, 0.5) is 0 Å². The molecule has 0 heterocycles. The van der Waals surface area contributed by atoms with Gasteiger partial charge in [0, 0.05) is 5.41 Å². The molecule has 0 nitrogen and oxygen atoms in total. The summed E-state index contributed by atoms with van der Waals surface area (Å²) in [5, 5.41) is 0. The third kappa shape index (κ3) is 1.30. The molecule has 1 unspecified atom stereocenters. The summed E-state index contributed by atoms with van der Waals surface area (Å²) in [6, 6.07) is 0. The normalized spacial score (nSPS) is 30.2. The molecule has 0 aliphatic heterocycles. The van der Waals surface area contributed by atoms with Gasteiger partial charge in [0.1, 0.15) is 0 Å². The minimum atomic E-state index is 0.381. The van der Waals surface area contributed by atoms with Gasteiger partial charge in [-0.15, -0.1) is 0 Å². The van der Waals surface area contributed by atoms with Crippen LogP contribution in [0.2, 0.25) is 0 Å². The van der Waals surface area contributed by atoms with Gasteiger partial charge in [-0.1, -0.05) is 38.0 Å². The van der Waals surface area contributed by atoms with E-state index in [9.17, 15) is 0 Å². The summed E-state index contributed by atoms with van der Waals surface area (Å²) in [6.07, 6.45) is 13.6. The molecule has 0 aromatic carbocycles. The van der Waals surface area contributed by atoms with E-state index in [1.807, 2.05) is 0 Å². The molecule has 3 aliphatic rings. The van der Waals surface area contributed by atoms with E-state index in [1.165, 1.54) is 37.7 Å². The van der Waals surface area contributed by atoms with Crippen molar-refractivity contribution in [3.8, 4) is 0 Å². The Balaban J connectivity index is 2.11. The van der Waals surface area contributed by atoms with Crippen LogP contribution >= 0.6 is 0 Å². The lowest BCUT2D eigenvalue weighted by molar-refractivity contribution is 0.392. The Morgan fingerprint density at radius 2 is 2.12 bits per heavy atom. The first-order valence-corrected chi connectivity index (χ1v) is 6.99. The molecule has 3 aliphatic carbocycles. The second kappa shape index (κ2) is 3.73. The predicted octanol–water partition coefficient (Wildman–Crippen LogP) is 5.10. The summed E-state index contributed by atoms with van der Waals surface area (Å²) >= 11 is 0. The molecule has 0 saturated heterocycles. The van der Waals surface area contributed by atoms with Gasteiger partial charge >= 0.3 is 0 Å². The van der Waals surface area contributed by atoms with Crippen LogP contribution in [-0.2, 0) is 0 Å². The number of hydrogen-bond acceptors (Lipinski definition) is 0. The van der Waals surface area contributed by atoms with Crippen molar-refractivity contribution in [1.82, 2.24) is 0 Å². The van der Waals surface area contributed by atoms with Crippen LogP contribution in [-0.4, -0.2) is 0 Å². The Morgan fingerprint density at radius 1 is 1.29 bits per heavy atom. The van der Waals surface area contributed by atoms with Gasteiger partial charge in [0.15, 0.2) is 0 Å². The summed E-state index contributed by atoms with van der Waals surface area (Å²) in [7, 11) is 0. The van der Waals surface area contributed by atoms with Crippen molar-refractivity contribution in [3.05, 3.63) is 46.1 Å². The van der Waals surface area contributed by atoms with Crippen LogP contribution in [0.3, 0.4) is 0 Å². The first kappa shape index (κ1) is 11.1. The summed E-state index contributed by atoms with van der Waals surface area (Å²) < 4.78 is 0. The fourth-order valence-electron chi connectivity index (χ4n) is 4.13. The van der Waals surface area contributed by atoms with Crippen molar-refractivity contribution in [3.63, 3.8) is 0 Å². The third-order valence-corrected chi connectivity index (χ3v) is 4.85. The highest BCUT2D eigenvalue weighted by Crippen LogP contribution is 2.62. The molecule has 0 aromatic rings. The standard InChI is InChI=1S/C17H22/c1-4-5-10-17-11-6-7-12(2)16(17)14-8-9-15(17)13(14)3/h6-7,9H,4-5,8,10-11H2,1-3H3. The SMILES string of the molecule is CCCCC12CC=CC(C)=C1C1=C(C)C2=CC1. The quantitative estimate of drug-likeness (QED) is 0.628. The lowest BCUT2D eigenvalue weighted by atomic mass is 9.65. The molecular weight excluding hydrogens is 204 g/mol. The van der Waals surface area contributed by atoms with E-state index < -0.39 is 0 Å². The van der Waals surface area contributed by atoms with Crippen LogP contribution in [0.5, 0.6) is 0 Å². The summed E-state index contributed by atoms with van der Waals surface area (Å²) in [6.45, 7) is 6.94. The van der Waals surface area contributed by atoms with Gasteiger partial charge in [0.2, 0.25) is 0 Å². The number of allylic oxidation sites excluding steroid dienone is 8. The highest BCUT2D eigenvalue weighted by Gasteiger charge is 2.48. The molecule has 0 amide bonds. The molecule has 3 rings (SSSR count). The highest BCUT2D eigenvalue weighted by atomic mass is 14.5. The maximum Gasteiger partial charge on any atom is 0.0242 e. The molecule has 0 aromatic heterocycles. The van der Waals surface area contributed by atoms with E-state index in [1.54, 1.807) is 22.3 Å². The van der Waals surface area contributed by atoms with E-state index >= 15 is 0 Å². The molecule has 17 heavy (non-hydrogen) atoms. The van der Waals surface area contributed by atoms with Crippen LogP contribution in [0.25, 0.3) is 0 Å². The van der Waals surface area contributed by atoms with Crippen LogP contribution in [0, 0.1) is 5.41 Å². The Hall–Kier alpha value is -1.04. The second-order valence-corrected chi connectivity index (χ2v) is 5.78. The fourth-order valence-corrected chi connectivity index (χ4v) is 4.13. The highest BCUT2D eigenvalue weighted by molar-refractivity contribution is 5.68. The maximum atomic E-state index is 2.50. The van der Waals surface area contributed by atoms with Gasteiger partial charge in [-0.25, -0.2) is 0 Å². The average molecular weight is 226 g/mol. The predicted molar refractivity (Wildman–Crippen MR) is 73.8 cm³/mol. The van der Waals surface area contributed by atoms with Crippen molar-refractivity contribution in [2.45, 2.75) is 52.9 Å². The Bertz CT molecular complexity index is 482. The monoisotopic (exact) mass is 226 g/mol. The lowest BCUT2D eigenvalue weighted by Crippen LogP contribution is -2.26. The molecule has 0 N–H and O–H groups in total. The van der Waals surface area contributed by atoms with Gasteiger partial charge in [-0.3, -0.25) is 0 Å². The molecule has 1 atom stereocenters. The topological polar surface area (TPSA) is 0 Å². The zero-order chi connectivity index (χ0) is 12.0. The van der Waals surface area contributed by atoms with E-state index in [2.05, 4.69) is 39.0 Å². The lowest BCUT2D eigenvalue weighted by Gasteiger charge is -2.38. The molecule has 2 bridgehead atoms. The Labute approximate surface area is 105 Å². The molecule has 0 spiro atoms. The molecule has 0 radical (unpaired) electrons. The largest absolute Gasteiger partial charge is 0.0830 e. The van der Waals surface area contributed by atoms with Gasteiger partial charge < -0.3 is 0 Å². The van der Waals surface area contributed by atoms with Gasteiger partial charge in [-0.05, 0) is 61.0 Å². The van der Waals surface area contributed by atoms with Crippen molar-refractivity contribution < 1.29 is 0 Å². The summed E-state index contributed by atoms with van der Waals surface area (Å²) in [5.74, 6) is 0. The minimum absolute atomic E-state index is 0.381. The van der Waals surface area contributed by atoms with E-state index in [4.69, 9.17) is 0 Å². The van der Waals surface area contributed by atoms with Crippen molar-refractivity contribution >= 4 is 0 Å². The van der Waals surface area contributed by atoms with Crippen LogP contribution < -0.4 is 0 Å². The smallest absolute Gasteiger partial charge is 0.0242 e. The van der Waals surface area contributed by atoms with Crippen LogP contribution in [0.1, 0.15) is 52.9 Å². The molecule has 90 valence electrons. The number of rotatable bonds is 3. The first-order valence-electron chi connectivity index (χ1n) is 6.99. The van der Waals surface area contributed by atoms with Crippen molar-refractivity contribution in [2.24, 2.45) is 5.41 Å². The van der Waals surface area contributed by atoms with E-state index in [-0.39, 0.29) is 0 Å². The number of hydrogen-bond donors (Lipinski definition) is 0. The fraction of sp³-hybridized carbons (Fsp3) is 0.529. The number of fused-ring (bicyclic) bond motifs is 4. The summed E-state index contributed by atoms with van der Waals surface area (Å²) in [5.41, 5.74) is 8.51. The van der Waals surface area contributed by atoms with E-state index in [0.29, 0.717) is 5.41 Å². The third-order valence-electron chi connectivity index (χ3n) is 4.85. The number of unbranched alkanes of at least 4 members (excludes halogenated alkanes) is 1. The van der Waals surface area contributed by atoms with E-state index in [0.717, 1.165) is 0 Å². The Morgan fingerprint density at radius 3 is 2.88 bits per heavy atom. The molecule has 0 fully saturated rings. The maximum absolute atomic E-state index is 2.50. The molecular formula is C17H22. The van der Waals surface area contributed by atoms with Gasteiger partial charge in [-0.2, -0.15) is 0 Å². The summed E-state index contributed by atoms with van der Waals surface area (Å²) in [4.78, 5) is 0.